The van der Waals surface area contributed by atoms with Crippen LogP contribution in [-0.2, 0) is 6.54 Å². The Bertz CT molecular complexity index is 774. The molecule has 0 saturated carbocycles. The fourth-order valence-corrected chi connectivity index (χ4v) is 2.69. The van der Waals surface area contributed by atoms with Gasteiger partial charge in [0.1, 0.15) is 18.2 Å². The first-order valence-electron chi connectivity index (χ1n) is 7.27. The monoisotopic (exact) mass is 280 g/mol. The largest absolute Gasteiger partial charge is 0.491 e. The van der Waals surface area contributed by atoms with Crippen LogP contribution in [0.1, 0.15) is 17.0 Å². The molecule has 2 aromatic carbocycles. The summed E-state index contributed by atoms with van der Waals surface area (Å²) in [4.78, 5) is 4.58. The van der Waals surface area contributed by atoms with Gasteiger partial charge in [0.25, 0.3) is 0 Å². The molecule has 0 fully saturated rings. The number of fused-ring (bicyclic) bond motifs is 1. The van der Waals surface area contributed by atoms with E-state index in [4.69, 9.17) is 4.74 Å². The Balaban J connectivity index is 1.73. The second-order valence-corrected chi connectivity index (χ2v) is 5.42. The van der Waals surface area contributed by atoms with Crippen LogP contribution >= 0.6 is 0 Å². The molecule has 108 valence electrons. The molecule has 0 bridgehead atoms. The summed E-state index contributed by atoms with van der Waals surface area (Å²) in [6, 6.07) is 14.5. The maximum atomic E-state index is 5.92. The van der Waals surface area contributed by atoms with Gasteiger partial charge in [-0.15, -0.1) is 0 Å². The van der Waals surface area contributed by atoms with E-state index in [-0.39, 0.29) is 0 Å². The average molecular weight is 280 g/mol. The fourth-order valence-electron chi connectivity index (χ4n) is 2.69. The maximum absolute atomic E-state index is 5.92. The van der Waals surface area contributed by atoms with Gasteiger partial charge in [-0.1, -0.05) is 29.8 Å². The van der Waals surface area contributed by atoms with Crippen LogP contribution in [0.3, 0.4) is 0 Å². The van der Waals surface area contributed by atoms with Gasteiger partial charge in [0.05, 0.1) is 17.6 Å². The Kier molecular flexibility index (Phi) is 3.65. The SMILES string of the molecule is Cc1ccc(OCCn2c(C)nc3ccccc32)c(C)c1. The molecule has 3 nitrogen and oxygen atoms in total. The van der Waals surface area contributed by atoms with Gasteiger partial charge in [-0.05, 0) is 44.5 Å². The predicted molar refractivity (Wildman–Crippen MR) is 85.9 cm³/mol. The third kappa shape index (κ3) is 2.77. The van der Waals surface area contributed by atoms with E-state index in [9.17, 15) is 0 Å². The Labute approximate surface area is 125 Å². The van der Waals surface area contributed by atoms with E-state index in [1.807, 2.05) is 31.2 Å². The van der Waals surface area contributed by atoms with Crippen LogP contribution in [-0.4, -0.2) is 16.2 Å². The molecule has 0 aliphatic rings. The Hall–Kier alpha value is -2.29. The van der Waals surface area contributed by atoms with Crippen LogP contribution in [0.5, 0.6) is 5.75 Å². The first-order valence-corrected chi connectivity index (χ1v) is 7.27. The van der Waals surface area contributed by atoms with E-state index in [2.05, 4.69) is 41.6 Å². The molecule has 3 heteroatoms. The van der Waals surface area contributed by atoms with Gasteiger partial charge in [-0.3, -0.25) is 0 Å². The number of aromatic nitrogens is 2. The van der Waals surface area contributed by atoms with Gasteiger partial charge < -0.3 is 9.30 Å². The number of imidazole rings is 1. The van der Waals surface area contributed by atoms with Crippen LogP contribution in [0.4, 0.5) is 0 Å². The van der Waals surface area contributed by atoms with Crippen molar-refractivity contribution in [3.05, 3.63) is 59.4 Å². The lowest BCUT2D eigenvalue weighted by molar-refractivity contribution is 0.297. The van der Waals surface area contributed by atoms with E-state index in [1.165, 1.54) is 16.6 Å². The highest BCUT2D eigenvalue weighted by molar-refractivity contribution is 5.75. The lowest BCUT2D eigenvalue weighted by Crippen LogP contribution is -2.10. The molecule has 0 aliphatic heterocycles. The molecular formula is C18H20N2O. The summed E-state index contributed by atoms with van der Waals surface area (Å²) >= 11 is 0. The molecule has 21 heavy (non-hydrogen) atoms. The summed E-state index contributed by atoms with van der Waals surface area (Å²) in [5.74, 6) is 1.99. The minimum absolute atomic E-state index is 0.644. The van der Waals surface area contributed by atoms with E-state index < -0.39 is 0 Å². The lowest BCUT2D eigenvalue weighted by atomic mass is 10.1. The highest BCUT2D eigenvalue weighted by Gasteiger charge is 2.07. The number of rotatable bonds is 4. The van der Waals surface area contributed by atoms with Crippen molar-refractivity contribution in [2.45, 2.75) is 27.3 Å². The first-order chi connectivity index (χ1) is 10.1. The van der Waals surface area contributed by atoms with Crippen molar-refractivity contribution in [1.29, 1.82) is 0 Å². The van der Waals surface area contributed by atoms with E-state index >= 15 is 0 Å². The minimum Gasteiger partial charge on any atom is -0.491 e. The molecule has 0 radical (unpaired) electrons. The quantitative estimate of drug-likeness (QED) is 0.721. The fraction of sp³-hybridized carbons (Fsp3) is 0.278. The van der Waals surface area contributed by atoms with Gasteiger partial charge in [0, 0.05) is 0 Å². The van der Waals surface area contributed by atoms with Crippen LogP contribution in [0.25, 0.3) is 11.0 Å². The van der Waals surface area contributed by atoms with Gasteiger partial charge in [-0.2, -0.15) is 0 Å². The smallest absolute Gasteiger partial charge is 0.122 e. The molecule has 0 atom stereocenters. The molecule has 0 amide bonds. The summed E-state index contributed by atoms with van der Waals surface area (Å²) in [5.41, 5.74) is 4.65. The molecule has 0 saturated heterocycles. The van der Waals surface area contributed by atoms with Crippen LogP contribution in [0, 0.1) is 20.8 Å². The standard InChI is InChI=1S/C18H20N2O/c1-13-8-9-18(14(2)12-13)21-11-10-20-15(3)19-16-6-4-5-7-17(16)20/h4-9,12H,10-11H2,1-3H3. The zero-order valence-electron chi connectivity index (χ0n) is 12.8. The summed E-state index contributed by atoms with van der Waals surface area (Å²) in [6.07, 6.45) is 0. The molecule has 0 spiro atoms. The third-order valence-corrected chi connectivity index (χ3v) is 3.75. The van der Waals surface area contributed by atoms with Crippen molar-refractivity contribution in [2.75, 3.05) is 6.61 Å². The highest BCUT2D eigenvalue weighted by atomic mass is 16.5. The lowest BCUT2D eigenvalue weighted by Gasteiger charge is -2.11. The van der Waals surface area contributed by atoms with Crippen molar-refractivity contribution in [1.82, 2.24) is 9.55 Å². The maximum Gasteiger partial charge on any atom is 0.122 e. The first kappa shape index (κ1) is 13.7. The van der Waals surface area contributed by atoms with Gasteiger partial charge in [0.2, 0.25) is 0 Å². The molecule has 3 aromatic rings. The van der Waals surface area contributed by atoms with Crippen molar-refractivity contribution < 1.29 is 4.74 Å². The number of hydrogen-bond donors (Lipinski definition) is 0. The molecule has 1 heterocycles. The van der Waals surface area contributed by atoms with E-state index in [1.54, 1.807) is 0 Å². The summed E-state index contributed by atoms with van der Waals surface area (Å²) in [6.45, 7) is 7.67. The second-order valence-electron chi connectivity index (χ2n) is 5.42. The average Bonchev–Trinajstić information content (AvgIpc) is 2.77. The predicted octanol–water partition coefficient (Wildman–Crippen LogP) is 4.04. The van der Waals surface area contributed by atoms with E-state index in [0.717, 1.165) is 23.6 Å². The van der Waals surface area contributed by atoms with Crippen LogP contribution in [0.2, 0.25) is 0 Å². The summed E-state index contributed by atoms with van der Waals surface area (Å²) < 4.78 is 8.13. The second kappa shape index (κ2) is 5.60. The highest BCUT2D eigenvalue weighted by Crippen LogP contribution is 2.19. The number of hydrogen-bond acceptors (Lipinski definition) is 2. The third-order valence-electron chi connectivity index (χ3n) is 3.75. The summed E-state index contributed by atoms with van der Waals surface area (Å²) in [7, 11) is 0. The van der Waals surface area contributed by atoms with Gasteiger partial charge in [0.15, 0.2) is 0 Å². The Morgan fingerprint density at radius 1 is 1.05 bits per heavy atom. The van der Waals surface area contributed by atoms with Crippen LogP contribution in [0.15, 0.2) is 42.5 Å². The molecule has 0 N–H and O–H groups in total. The molecule has 1 aromatic heterocycles. The number of ether oxygens (including phenoxy) is 1. The summed E-state index contributed by atoms with van der Waals surface area (Å²) in [5, 5.41) is 0. The van der Waals surface area contributed by atoms with Gasteiger partial charge in [-0.25, -0.2) is 4.98 Å². The molecule has 3 rings (SSSR count). The zero-order chi connectivity index (χ0) is 14.8. The minimum atomic E-state index is 0.644. The zero-order valence-corrected chi connectivity index (χ0v) is 12.8. The number of benzene rings is 2. The Morgan fingerprint density at radius 3 is 2.67 bits per heavy atom. The molecular weight excluding hydrogens is 260 g/mol. The van der Waals surface area contributed by atoms with Gasteiger partial charge >= 0.3 is 0 Å². The number of aryl methyl sites for hydroxylation is 3. The number of para-hydroxylation sites is 2. The van der Waals surface area contributed by atoms with Crippen LogP contribution < -0.4 is 4.74 Å². The number of nitrogens with zero attached hydrogens (tertiary/aromatic N) is 2. The van der Waals surface area contributed by atoms with Crippen molar-refractivity contribution in [2.24, 2.45) is 0 Å². The molecule has 0 aliphatic carbocycles. The van der Waals surface area contributed by atoms with Crippen molar-refractivity contribution in [3.8, 4) is 5.75 Å². The normalized spacial score (nSPS) is 11.0. The van der Waals surface area contributed by atoms with E-state index in [0.29, 0.717) is 6.61 Å². The topological polar surface area (TPSA) is 27.1 Å². The van der Waals surface area contributed by atoms with Crippen molar-refractivity contribution >= 4 is 11.0 Å². The van der Waals surface area contributed by atoms with Crippen molar-refractivity contribution in [3.63, 3.8) is 0 Å². The Morgan fingerprint density at radius 2 is 1.86 bits per heavy atom. The molecule has 0 unspecified atom stereocenters.